The van der Waals surface area contributed by atoms with Crippen LogP contribution in [0.2, 0.25) is 0 Å². The zero-order valence-corrected chi connectivity index (χ0v) is 11.6. The number of nitrogens with one attached hydrogen (secondary N) is 1. The minimum Gasteiger partial charge on any atom is -0.467 e. The normalized spacial score (nSPS) is 13.7. The number of carbonyl (C=O) groups excluding carboxylic acids is 1. The number of nitrogens with zero attached hydrogens (tertiary/aromatic N) is 1. The third-order valence-corrected chi connectivity index (χ3v) is 3.25. The predicted octanol–water partition coefficient (Wildman–Crippen LogP) is 2.41. The van der Waals surface area contributed by atoms with Gasteiger partial charge < -0.3 is 19.2 Å². The van der Waals surface area contributed by atoms with Gasteiger partial charge in [-0.05, 0) is 19.1 Å². The molecule has 0 saturated heterocycles. The number of nitro groups is 1. The molecule has 2 heterocycles. The minimum atomic E-state index is -0.631. The Hall–Kier alpha value is -3.03. The molecule has 2 aromatic rings. The van der Waals surface area contributed by atoms with Crippen LogP contribution in [0.5, 0.6) is 11.5 Å². The molecule has 1 atom stereocenters. The molecule has 22 heavy (non-hydrogen) atoms. The number of benzene rings is 1. The van der Waals surface area contributed by atoms with Crippen molar-refractivity contribution >= 4 is 11.6 Å². The standard InChI is InChI=1S/C14H12N2O6/c1-8(11-3-2-4-20-11)15-14(17)9-5-12-13(22-7-21-12)6-10(9)16(18)19/h2-6,8H,7H2,1H3,(H,15,17)/t8-/m1/s1. The maximum atomic E-state index is 12.3. The molecule has 114 valence electrons. The third kappa shape index (κ3) is 2.46. The van der Waals surface area contributed by atoms with Crippen LogP contribution in [0.4, 0.5) is 5.69 Å². The van der Waals surface area contributed by atoms with E-state index in [9.17, 15) is 14.9 Å². The van der Waals surface area contributed by atoms with Gasteiger partial charge in [-0.1, -0.05) is 0 Å². The first-order valence-electron chi connectivity index (χ1n) is 6.48. The SMILES string of the molecule is C[C@@H](NC(=O)c1cc2c(cc1[N+](=O)[O-])OCO2)c1ccco1. The summed E-state index contributed by atoms with van der Waals surface area (Å²) in [5, 5.41) is 13.8. The molecule has 1 amide bonds. The summed E-state index contributed by atoms with van der Waals surface area (Å²) >= 11 is 0. The molecule has 1 aliphatic rings. The summed E-state index contributed by atoms with van der Waals surface area (Å²) in [6.07, 6.45) is 1.49. The molecule has 0 saturated carbocycles. The summed E-state index contributed by atoms with van der Waals surface area (Å²) in [5.41, 5.74) is -0.430. The van der Waals surface area contributed by atoms with Crippen LogP contribution in [-0.2, 0) is 0 Å². The number of hydrogen-bond acceptors (Lipinski definition) is 6. The van der Waals surface area contributed by atoms with Crippen LogP contribution in [0, 0.1) is 10.1 Å². The zero-order valence-electron chi connectivity index (χ0n) is 11.6. The Morgan fingerprint density at radius 2 is 2.09 bits per heavy atom. The molecule has 0 aliphatic carbocycles. The Bertz CT molecular complexity index is 725. The maximum Gasteiger partial charge on any atom is 0.286 e. The van der Waals surface area contributed by atoms with E-state index < -0.39 is 16.9 Å². The molecule has 0 bridgehead atoms. The van der Waals surface area contributed by atoms with Gasteiger partial charge in [-0.15, -0.1) is 0 Å². The van der Waals surface area contributed by atoms with Gasteiger partial charge in [0.05, 0.1) is 23.3 Å². The van der Waals surface area contributed by atoms with Gasteiger partial charge in [-0.25, -0.2) is 0 Å². The lowest BCUT2D eigenvalue weighted by atomic mass is 10.1. The fraction of sp³-hybridized carbons (Fsp3) is 0.214. The van der Waals surface area contributed by atoms with Crippen LogP contribution in [0.1, 0.15) is 29.1 Å². The highest BCUT2D eigenvalue weighted by atomic mass is 16.7. The van der Waals surface area contributed by atoms with E-state index in [2.05, 4.69) is 5.32 Å². The number of furan rings is 1. The second-order valence-corrected chi connectivity index (χ2v) is 4.69. The largest absolute Gasteiger partial charge is 0.467 e. The van der Waals surface area contributed by atoms with E-state index in [0.29, 0.717) is 11.5 Å². The second kappa shape index (κ2) is 5.40. The first kappa shape index (κ1) is 13.9. The number of hydrogen-bond donors (Lipinski definition) is 1. The molecule has 3 rings (SSSR count). The van der Waals surface area contributed by atoms with E-state index in [-0.39, 0.29) is 23.8 Å². The smallest absolute Gasteiger partial charge is 0.286 e. The van der Waals surface area contributed by atoms with Gasteiger partial charge in [-0.2, -0.15) is 0 Å². The van der Waals surface area contributed by atoms with Crippen molar-refractivity contribution in [3.8, 4) is 11.5 Å². The van der Waals surface area contributed by atoms with Gasteiger partial charge >= 0.3 is 0 Å². The molecule has 8 nitrogen and oxygen atoms in total. The minimum absolute atomic E-state index is 0.0274. The lowest BCUT2D eigenvalue weighted by molar-refractivity contribution is -0.385. The summed E-state index contributed by atoms with van der Waals surface area (Å²) in [4.78, 5) is 22.8. The average Bonchev–Trinajstić information content (AvgIpc) is 3.16. The molecule has 0 radical (unpaired) electrons. The van der Waals surface area contributed by atoms with Crippen LogP contribution in [-0.4, -0.2) is 17.6 Å². The lowest BCUT2D eigenvalue weighted by Gasteiger charge is -2.12. The lowest BCUT2D eigenvalue weighted by Crippen LogP contribution is -2.27. The Balaban J connectivity index is 1.90. The highest BCUT2D eigenvalue weighted by Crippen LogP contribution is 2.38. The quantitative estimate of drug-likeness (QED) is 0.687. The van der Waals surface area contributed by atoms with E-state index in [0.717, 1.165) is 0 Å². The van der Waals surface area contributed by atoms with Crippen molar-refractivity contribution in [3.63, 3.8) is 0 Å². The van der Waals surface area contributed by atoms with Crippen LogP contribution in [0.25, 0.3) is 0 Å². The topological polar surface area (TPSA) is 104 Å². The Kier molecular flexibility index (Phi) is 3.42. The van der Waals surface area contributed by atoms with Crippen LogP contribution in [0.3, 0.4) is 0 Å². The second-order valence-electron chi connectivity index (χ2n) is 4.69. The van der Waals surface area contributed by atoms with E-state index >= 15 is 0 Å². The summed E-state index contributed by atoms with van der Waals surface area (Å²) in [5.74, 6) is 0.523. The highest BCUT2D eigenvalue weighted by Gasteiger charge is 2.28. The summed E-state index contributed by atoms with van der Waals surface area (Å²) in [6.45, 7) is 1.69. The number of carbonyl (C=O) groups is 1. The van der Waals surface area contributed by atoms with Gasteiger partial charge in [0.1, 0.15) is 11.3 Å². The van der Waals surface area contributed by atoms with Gasteiger partial charge in [0, 0.05) is 6.07 Å². The summed E-state index contributed by atoms with van der Waals surface area (Å²) in [6, 6.07) is 5.48. The van der Waals surface area contributed by atoms with Crippen LogP contribution in [0.15, 0.2) is 34.9 Å². The Labute approximate surface area is 124 Å². The molecule has 0 unspecified atom stereocenters. The summed E-state index contributed by atoms with van der Waals surface area (Å²) < 4.78 is 15.4. The number of amides is 1. The third-order valence-electron chi connectivity index (χ3n) is 3.25. The van der Waals surface area contributed by atoms with Crippen molar-refractivity contribution in [1.82, 2.24) is 5.32 Å². The van der Waals surface area contributed by atoms with Crippen molar-refractivity contribution in [2.75, 3.05) is 6.79 Å². The molecule has 0 spiro atoms. The zero-order chi connectivity index (χ0) is 15.7. The van der Waals surface area contributed by atoms with Crippen LogP contribution < -0.4 is 14.8 Å². The molecule has 8 heteroatoms. The highest BCUT2D eigenvalue weighted by molar-refractivity contribution is 5.99. The van der Waals surface area contributed by atoms with Gasteiger partial charge in [0.15, 0.2) is 11.5 Å². The van der Waals surface area contributed by atoms with E-state index in [1.54, 1.807) is 19.1 Å². The van der Waals surface area contributed by atoms with Gasteiger partial charge in [0.25, 0.3) is 11.6 Å². The first-order chi connectivity index (χ1) is 10.6. The van der Waals surface area contributed by atoms with Crippen molar-refractivity contribution in [2.24, 2.45) is 0 Å². The van der Waals surface area contributed by atoms with Crippen molar-refractivity contribution < 1.29 is 23.6 Å². The molecule has 1 aromatic heterocycles. The molecule has 1 aliphatic heterocycles. The Morgan fingerprint density at radius 3 is 2.73 bits per heavy atom. The van der Waals surface area contributed by atoms with Crippen molar-refractivity contribution in [1.29, 1.82) is 0 Å². The number of rotatable bonds is 4. The van der Waals surface area contributed by atoms with E-state index in [1.807, 2.05) is 0 Å². The van der Waals surface area contributed by atoms with E-state index in [1.165, 1.54) is 18.4 Å². The molecule has 1 aromatic carbocycles. The van der Waals surface area contributed by atoms with Crippen LogP contribution >= 0.6 is 0 Å². The van der Waals surface area contributed by atoms with E-state index in [4.69, 9.17) is 13.9 Å². The Morgan fingerprint density at radius 1 is 1.36 bits per heavy atom. The fourth-order valence-electron chi connectivity index (χ4n) is 2.15. The molecule has 1 N–H and O–H groups in total. The van der Waals surface area contributed by atoms with Crippen molar-refractivity contribution in [3.05, 3.63) is 52.0 Å². The van der Waals surface area contributed by atoms with Gasteiger partial charge in [0.2, 0.25) is 6.79 Å². The fourth-order valence-corrected chi connectivity index (χ4v) is 2.15. The van der Waals surface area contributed by atoms with Gasteiger partial charge in [-0.3, -0.25) is 14.9 Å². The van der Waals surface area contributed by atoms with Crippen molar-refractivity contribution in [2.45, 2.75) is 13.0 Å². The summed E-state index contributed by atoms with van der Waals surface area (Å²) in [7, 11) is 0. The maximum absolute atomic E-state index is 12.3. The number of fused-ring (bicyclic) bond motifs is 1. The predicted molar refractivity (Wildman–Crippen MR) is 73.8 cm³/mol. The number of nitro benzene ring substituents is 1. The first-order valence-corrected chi connectivity index (χ1v) is 6.48. The average molecular weight is 304 g/mol. The molecule has 0 fully saturated rings. The molecular weight excluding hydrogens is 292 g/mol. The molecular formula is C14H12N2O6. The number of ether oxygens (including phenoxy) is 2. The monoisotopic (exact) mass is 304 g/mol.